The molecule has 0 unspecified atom stereocenters. The fraction of sp³-hybridized carbons (Fsp3) is 0.172. The molecule has 0 saturated heterocycles. The van der Waals surface area contributed by atoms with Crippen LogP contribution in [0.5, 0.6) is 11.5 Å². The second-order valence-corrected chi connectivity index (χ2v) is 8.17. The molecule has 190 valence electrons. The number of methoxy groups -OCH3 is 2. The number of halogens is 1. The normalized spacial score (nSPS) is 10.6. The molecular formula is C29H27FN2O5. The number of anilines is 1. The summed E-state index contributed by atoms with van der Waals surface area (Å²) in [5.41, 5.74) is 2.52. The second-order valence-electron chi connectivity index (χ2n) is 8.17. The highest BCUT2D eigenvalue weighted by atomic mass is 19.1. The van der Waals surface area contributed by atoms with Gasteiger partial charge in [0.15, 0.2) is 5.69 Å². The number of rotatable bonds is 9. The van der Waals surface area contributed by atoms with Gasteiger partial charge in [0, 0.05) is 29.9 Å². The van der Waals surface area contributed by atoms with Gasteiger partial charge in [0.25, 0.3) is 5.91 Å². The SMILES string of the molecule is CCOC(=O)c1c(NC(=O)c2cc(OC)cc(OC)c2)c(-c2cccc(F)c2)cn1Cc1ccccc1. The van der Waals surface area contributed by atoms with E-state index in [0.29, 0.717) is 29.2 Å². The van der Waals surface area contributed by atoms with Crippen molar-refractivity contribution in [2.24, 2.45) is 0 Å². The Morgan fingerprint density at radius 1 is 0.919 bits per heavy atom. The van der Waals surface area contributed by atoms with Crippen LogP contribution in [0, 0.1) is 5.82 Å². The molecule has 0 bridgehead atoms. The molecule has 1 amide bonds. The number of esters is 1. The molecule has 0 radical (unpaired) electrons. The minimum Gasteiger partial charge on any atom is -0.497 e. The van der Waals surface area contributed by atoms with Crippen molar-refractivity contribution in [2.75, 3.05) is 26.1 Å². The maximum absolute atomic E-state index is 14.2. The number of amides is 1. The Balaban J connectivity index is 1.87. The van der Waals surface area contributed by atoms with Gasteiger partial charge in [-0.05, 0) is 42.3 Å². The van der Waals surface area contributed by atoms with Crippen molar-refractivity contribution in [1.29, 1.82) is 0 Å². The molecule has 0 aliphatic heterocycles. The molecule has 0 aliphatic carbocycles. The molecule has 7 nitrogen and oxygen atoms in total. The van der Waals surface area contributed by atoms with Crippen LogP contribution in [0.25, 0.3) is 11.1 Å². The van der Waals surface area contributed by atoms with Gasteiger partial charge in [0.1, 0.15) is 17.3 Å². The molecule has 0 aliphatic rings. The molecule has 1 N–H and O–H groups in total. The van der Waals surface area contributed by atoms with Gasteiger partial charge >= 0.3 is 5.97 Å². The molecular weight excluding hydrogens is 475 g/mol. The Kier molecular flexibility index (Phi) is 7.88. The van der Waals surface area contributed by atoms with Crippen LogP contribution in [0.3, 0.4) is 0 Å². The van der Waals surface area contributed by atoms with Crippen molar-refractivity contribution in [3.63, 3.8) is 0 Å². The first kappa shape index (κ1) is 25.5. The molecule has 8 heteroatoms. The van der Waals surface area contributed by atoms with Crippen molar-refractivity contribution >= 4 is 17.6 Å². The van der Waals surface area contributed by atoms with E-state index in [1.807, 2.05) is 30.3 Å². The lowest BCUT2D eigenvalue weighted by molar-refractivity contribution is 0.0515. The van der Waals surface area contributed by atoms with Gasteiger partial charge < -0.3 is 24.1 Å². The largest absolute Gasteiger partial charge is 0.497 e. The zero-order chi connectivity index (χ0) is 26.4. The van der Waals surface area contributed by atoms with E-state index in [1.165, 1.54) is 26.4 Å². The standard InChI is InChI=1S/C29H27FN2O5/c1-4-37-29(34)27-26(31-28(33)21-14-23(35-2)16-24(15-21)36-3)25(20-11-8-12-22(30)13-20)18-32(27)17-19-9-6-5-7-10-19/h5-16,18H,4,17H2,1-3H3,(H,31,33). The molecule has 37 heavy (non-hydrogen) atoms. The molecule has 0 atom stereocenters. The molecule has 0 saturated carbocycles. The summed E-state index contributed by atoms with van der Waals surface area (Å²) in [4.78, 5) is 26.6. The summed E-state index contributed by atoms with van der Waals surface area (Å²) in [6.07, 6.45) is 1.72. The number of hydrogen-bond donors (Lipinski definition) is 1. The number of benzene rings is 3. The lowest BCUT2D eigenvalue weighted by atomic mass is 10.1. The average Bonchev–Trinajstić information content (AvgIpc) is 3.26. The van der Waals surface area contributed by atoms with E-state index in [-0.39, 0.29) is 23.6 Å². The molecule has 0 fully saturated rings. The second kappa shape index (κ2) is 11.4. The highest BCUT2D eigenvalue weighted by Crippen LogP contribution is 2.35. The van der Waals surface area contributed by atoms with Crippen molar-refractivity contribution in [1.82, 2.24) is 4.57 Å². The van der Waals surface area contributed by atoms with Crippen LogP contribution in [0.15, 0.2) is 79.0 Å². The third-order valence-electron chi connectivity index (χ3n) is 5.73. The number of ether oxygens (including phenoxy) is 3. The molecule has 1 heterocycles. The minimum atomic E-state index is -0.611. The fourth-order valence-electron chi connectivity index (χ4n) is 4.01. The van der Waals surface area contributed by atoms with Gasteiger partial charge in [-0.2, -0.15) is 0 Å². The summed E-state index contributed by atoms with van der Waals surface area (Å²) in [5, 5.41) is 2.87. The number of nitrogens with one attached hydrogen (secondary N) is 1. The predicted molar refractivity (Wildman–Crippen MR) is 139 cm³/mol. The maximum atomic E-state index is 14.2. The van der Waals surface area contributed by atoms with Crippen LogP contribution >= 0.6 is 0 Å². The zero-order valence-electron chi connectivity index (χ0n) is 20.8. The molecule has 1 aromatic heterocycles. The first-order valence-corrected chi connectivity index (χ1v) is 11.7. The van der Waals surface area contributed by atoms with Gasteiger partial charge in [-0.3, -0.25) is 4.79 Å². The number of aromatic nitrogens is 1. The van der Waals surface area contributed by atoms with E-state index in [0.717, 1.165) is 5.56 Å². The van der Waals surface area contributed by atoms with Crippen LogP contribution in [-0.2, 0) is 11.3 Å². The maximum Gasteiger partial charge on any atom is 0.357 e. The third-order valence-corrected chi connectivity index (χ3v) is 5.73. The average molecular weight is 503 g/mol. The molecule has 4 rings (SSSR count). The topological polar surface area (TPSA) is 78.8 Å². The van der Waals surface area contributed by atoms with E-state index >= 15 is 0 Å². The number of hydrogen-bond acceptors (Lipinski definition) is 5. The smallest absolute Gasteiger partial charge is 0.357 e. The summed E-state index contributed by atoms with van der Waals surface area (Å²) in [6, 6.07) is 20.3. The monoisotopic (exact) mass is 502 g/mol. The van der Waals surface area contributed by atoms with Crippen molar-refractivity contribution < 1.29 is 28.2 Å². The van der Waals surface area contributed by atoms with Crippen LogP contribution in [0.2, 0.25) is 0 Å². The van der Waals surface area contributed by atoms with Gasteiger partial charge in [-0.1, -0.05) is 42.5 Å². The molecule has 0 spiro atoms. The third kappa shape index (κ3) is 5.81. The van der Waals surface area contributed by atoms with Gasteiger partial charge in [-0.25, -0.2) is 9.18 Å². The fourth-order valence-corrected chi connectivity index (χ4v) is 4.01. The Bertz CT molecular complexity index is 1390. The van der Waals surface area contributed by atoms with Crippen LogP contribution < -0.4 is 14.8 Å². The van der Waals surface area contributed by atoms with E-state index in [4.69, 9.17) is 14.2 Å². The van der Waals surface area contributed by atoms with Crippen molar-refractivity contribution in [3.8, 4) is 22.6 Å². The summed E-state index contributed by atoms with van der Waals surface area (Å²) in [6.45, 7) is 2.18. The number of carbonyl (C=O) groups excluding carboxylic acids is 2. The predicted octanol–water partition coefficient (Wildman–Crippen LogP) is 5.79. The highest BCUT2D eigenvalue weighted by Gasteiger charge is 2.26. The first-order chi connectivity index (χ1) is 17.9. The summed E-state index contributed by atoms with van der Waals surface area (Å²) in [7, 11) is 2.97. The van der Waals surface area contributed by atoms with Crippen molar-refractivity contribution in [2.45, 2.75) is 13.5 Å². The van der Waals surface area contributed by atoms with Crippen LogP contribution in [-0.4, -0.2) is 37.3 Å². The first-order valence-electron chi connectivity index (χ1n) is 11.7. The molecule has 3 aromatic carbocycles. The van der Waals surface area contributed by atoms with Crippen LogP contribution in [0.4, 0.5) is 10.1 Å². The van der Waals surface area contributed by atoms with Crippen molar-refractivity contribution in [3.05, 3.63) is 102 Å². The van der Waals surface area contributed by atoms with E-state index in [1.54, 1.807) is 48.0 Å². The quantitative estimate of drug-likeness (QED) is 0.293. The van der Waals surface area contributed by atoms with Crippen LogP contribution in [0.1, 0.15) is 33.3 Å². The van der Waals surface area contributed by atoms with Gasteiger partial charge in [-0.15, -0.1) is 0 Å². The lowest BCUT2D eigenvalue weighted by Gasteiger charge is -2.13. The van der Waals surface area contributed by atoms with E-state index < -0.39 is 17.7 Å². The molecule has 4 aromatic rings. The Morgan fingerprint density at radius 3 is 2.24 bits per heavy atom. The summed E-state index contributed by atoms with van der Waals surface area (Å²) in [5.74, 6) is -0.692. The van der Waals surface area contributed by atoms with E-state index in [2.05, 4.69) is 5.32 Å². The lowest BCUT2D eigenvalue weighted by Crippen LogP contribution is -2.18. The Hall–Kier alpha value is -4.59. The summed E-state index contributed by atoms with van der Waals surface area (Å²) < 4.78 is 31.8. The minimum absolute atomic E-state index is 0.144. The zero-order valence-corrected chi connectivity index (χ0v) is 20.8. The highest BCUT2D eigenvalue weighted by molar-refractivity contribution is 6.11. The number of carbonyl (C=O) groups is 2. The Morgan fingerprint density at radius 2 is 1.62 bits per heavy atom. The summed E-state index contributed by atoms with van der Waals surface area (Å²) >= 11 is 0. The number of nitrogens with zero attached hydrogens (tertiary/aromatic N) is 1. The van der Waals surface area contributed by atoms with Gasteiger partial charge in [0.2, 0.25) is 0 Å². The van der Waals surface area contributed by atoms with E-state index in [9.17, 15) is 14.0 Å². The van der Waals surface area contributed by atoms with Gasteiger partial charge in [0.05, 0.1) is 26.5 Å². The Labute approximate surface area is 214 Å².